The first-order chi connectivity index (χ1) is 21.8. The lowest BCUT2D eigenvalue weighted by atomic mass is 9.88. The van der Waals surface area contributed by atoms with E-state index < -0.39 is 0 Å². The molecule has 0 N–H and O–H groups in total. The third kappa shape index (κ3) is 11.6. The third-order valence-electron chi connectivity index (χ3n) is 9.82. The lowest BCUT2D eigenvalue weighted by molar-refractivity contribution is -0.192. The third-order valence-corrected chi connectivity index (χ3v) is 9.82. The van der Waals surface area contributed by atoms with E-state index >= 15 is 0 Å². The maximum absolute atomic E-state index is 6.63. The molecule has 244 valence electrons. The maximum atomic E-state index is 6.63. The molecular formula is C39H58O5. The molecule has 0 bridgehead atoms. The number of hydrogen-bond donors (Lipinski definition) is 0. The molecular weight excluding hydrogens is 548 g/mol. The SMILES string of the molecule is C(=CCOC1CCCCO1)CCCCC=C[C@@H]1[C@@H]2CC(CCCCCOCc3ccccc3)=C[C@@H]2C[C@H]1OC1CCCCO1. The average Bonchev–Trinajstić information content (AvgIpc) is 3.60. The summed E-state index contributed by atoms with van der Waals surface area (Å²) in [7, 11) is 0. The summed E-state index contributed by atoms with van der Waals surface area (Å²) in [5.41, 5.74) is 2.94. The molecule has 3 fully saturated rings. The van der Waals surface area contributed by atoms with E-state index in [1.807, 2.05) is 0 Å². The summed E-state index contributed by atoms with van der Waals surface area (Å²) in [6, 6.07) is 10.5. The summed E-state index contributed by atoms with van der Waals surface area (Å²) in [5.74, 6) is 1.86. The molecule has 4 aliphatic rings. The Kier molecular flexibility index (Phi) is 15.0. The van der Waals surface area contributed by atoms with Gasteiger partial charge in [-0.05, 0) is 114 Å². The first kappa shape index (κ1) is 33.6. The van der Waals surface area contributed by atoms with Gasteiger partial charge in [-0.1, -0.05) is 72.7 Å². The Morgan fingerprint density at radius 1 is 0.795 bits per heavy atom. The quantitative estimate of drug-likeness (QED) is 0.116. The summed E-state index contributed by atoms with van der Waals surface area (Å²) in [5, 5.41) is 0. The number of benzene rings is 1. The van der Waals surface area contributed by atoms with Crippen LogP contribution >= 0.6 is 0 Å². The second-order valence-corrected chi connectivity index (χ2v) is 13.3. The van der Waals surface area contributed by atoms with Crippen molar-refractivity contribution in [2.45, 2.75) is 128 Å². The molecule has 6 atom stereocenters. The Morgan fingerprint density at radius 2 is 1.59 bits per heavy atom. The molecule has 5 heteroatoms. The lowest BCUT2D eigenvalue weighted by Crippen LogP contribution is -2.30. The fraction of sp³-hybridized carbons (Fsp3) is 0.692. The molecule has 0 spiro atoms. The maximum Gasteiger partial charge on any atom is 0.157 e. The number of unbranched alkanes of at least 4 members (excludes halogenated alkanes) is 5. The highest BCUT2D eigenvalue weighted by molar-refractivity contribution is 5.21. The van der Waals surface area contributed by atoms with Crippen LogP contribution in [-0.2, 0) is 30.3 Å². The van der Waals surface area contributed by atoms with Gasteiger partial charge in [0.25, 0.3) is 0 Å². The summed E-state index contributed by atoms with van der Waals surface area (Å²) in [6.07, 6.45) is 31.2. The van der Waals surface area contributed by atoms with E-state index in [-0.39, 0.29) is 12.6 Å². The topological polar surface area (TPSA) is 46.2 Å². The zero-order valence-electron chi connectivity index (χ0n) is 27.1. The predicted octanol–water partition coefficient (Wildman–Crippen LogP) is 9.47. The molecule has 1 saturated carbocycles. The number of ether oxygens (including phenoxy) is 5. The minimum atomic E-state index is -0.00326. The molecule has 2 saturated heterocycles. The Bertz CT molecular complexity index is 991. The highest BCUT2D eigenvalue weighted by Gasteiger charge is 2.45. The van der Waals surface area contributed by atoms with Crippen LogP contribution in [0.15, 0.2) is 66.3 Å². The minimum absolute atomic E-state index is 0.00326. The van der Waals surface area contributed by atoms with Crippen LogP contribution < -0.4 is 0 Å². The largest absolute Gasteiger partial charge is 0.377 e. The van der Waals surface area contributed by atoms with Crippen molar-refractivity contribution >= 4 is 0 Å². The van der Waals surface area contributed by atoms with Gasteiger partial charge in [0, 0.05) is 25.7 Å². The zero-order valence-corrected chi connectivity index (χ0v) is 27.1. The van der Waals surface area contributed by atoms with Crippen molar-refractivity contribution < 1.29 is 23.7 Å². The van der Waals surface area contributed by atoms with Gasteiger partial charge < -0.3 is 23.7 Å². The predicted molar refractivity (Wildman–Crippen MR) is 177 cm³/mol. The highest BCUT2D eigenvalue weighted by Crippen LogP contribution is 2.49. The molecule has 1 aromatic carbocycles. The van der Waals surface area contributed by atoms with Gasteiger partial charge in [0.05, 0.1) is 19.3 Å². The van der Waals surface area contributed by atoms with Crippen LogP contribution in [0.2, 0.25) is 0 Å². The van der Waals surface area contributed by atoms with Crippen molar-refractivity contribution in [2.75, 3.05) is 26.4 Å². The van der Waals surface area contributed by atoms with Crippen molar-refractivity contribution in [3.05, 3.63) is 71.8 Å². The number of allylic oxidation sites excluding steroid dienone is 4. The molecule has 0 amide bonds. The van der Waals surface area contributed by atoms with Gasteiger partial charge in [-0.2, -0.15) is 0 Å². The minimum Gasteiger partial charge on any atom is -0.377 e. The molecule has 0 radical (unpaired) electrons. The van der Waals surface area contributed by atoms with E-state index in [0.717, 1.165) is 65.0 Å². The van der Waals surface area contributed by atoms with E-state index in [9.17, 15) is 0 Å². The van der Waals surface area contributed by atoms with Crippen LogP contribution in [-0.4, -0.2) is 45.1 Å². The van der Waals surface area contributed by atoms with Crippen molar-refractivity contribution in [1.82, 2.24) is 0 Å². The molecule has 0 aromatic heterocycles. The first-order valence-electron chi connectivity index (χ1n) is 18.0. The van der Waals surface area contributed by atoms with Crippen LogP contribution in [0, 0.1) is 17.8 Å². The van der Waals surface area contributed by atoms with Gasteiger partial charge in [0.1, 0.15) is 0 Å². The average molecular weight is 607 g/mol. The fourth-order valence-corrected chi connectivity index (χ4v) is 7.39. The number of hydrogen-bond acceptors (Lipinski definition) is 5. The first-order valence-corrected chi connectivity index (χ1v) is 18.0. The summed E-state index contributed by atoms with van der Waals surface area (Å²) in [6.45, 7) is 3.94. The van der Waals surface area contributed by atoms with Gasteiger partial charge in [-0.25, -0.2) is 0 Å². The van der Waals surface area contributed by atoms with Crippen LogP contribution in [0.25, 0.3) is 0 Å². The van der Waals surface area contributed by atoms with Crippen molar-refractivity contribution in [3.63, 3.8) is 0 Å². The standard InChI is InChI=1S/C39H58O5/c1(3-5-15-25-41-38-22-12-16-26-42-38)2-4-11-21-35-36-29-33(20-10-7-14-24-40-31-32-18-8-6-9-19-32)28-34(36)30-37(35)44-39-23-13-17-27-43-39/h5-6,8-9,11,15,18-19,21,28,34-39H,1-4,7,10,12-14,16-17,20,22-27,29-31H2/t34-,35-,36-,37-,38?,39?/m1/s1. The van der Waals surface area contributed by atoms with Crippen LogP contribution in [0.1, 0.15) is 108 Å². The van der Waals surface area contributed by atoms with Gasteiger partial charge in [-0.3, -0.25) is 0 Å². The van der Waals surface area contributed by atoms with Gasteiger partial charge in [0.15, 0.2) is 12.6 Å². The van der Waals surface area contributed by atoms with Crippen LogP contribution in [0.5, 0.6) is 0 Å². The lowest BCUT2D eigenvalue weighted by Gasteiger charge is -2.29. The number of fused-ring (bicyclic) bond motifs is 1. The van der Waals surface area contributed by atoms with Gasteiger partial charge in [-0.15, -0.1) is 0 Å². The van der Waals surface area contributed by atoms with E-state index in [2.05, 4.69) is 60.7 Å². The molecule has 2 aliphatic heterocycles. The van der Waals surface area contributed by atoms with Crippen LogP contribution in [0.4, 0.5) is 0 Å². The molecule has 2 aliphatic carbocycles. The van der Waals surface area contributed by atoms with Crippen molar-refractivity contribution in [2.24, 2.45) is 17.8 Å². The zero-order chi connectivity index (χ0) is 30.1. The van der Waals surface area contributed by atoms with Crippen molar-refractivity contribution in [1.29, 1.82) is 0 Å². The number of rotatable bonds is 19. The monoisotopic (exact) mass is 606 g/mol. The molecule has 2 unspecified atom stereocenters. The normalized spacial score (nSPS) is 29.0. The molecule has 2 heterocycles. The Hall–Kier alpha value is -1.76. The smallest absolute Gasteiger partial charge is 0.157 e. The second-order valence-electron chi connectivity index (χ2n) is 13.3. The van der Waals surface area contributed by atoms with Gasteiger partial charge >= 0.3 is 0 Å². The van der Waals surface area contributed by atoms with E-state index in [1.165, 1.54) is 69.8 Å². The highest BCUT2D eigenvalue weighted by atomic mass is 16.7. The second kappa shape index (κ2) is 19.7. The van der Waals surface area contributed by atoms with E-state index in [0.29, 0.717) is 30.5 Å². The molecule has 1 aromatic rings. The van der Waals surface area contributed by atoms with Crippen LogP contribution in [0.3, 0.4) is 0 Å². The molecule has 5 rings (SSSR count). The summed E-state index contributed by atoms with van der Waals surface area (Å²) >= 11 is 0. The Labute approximate surface area is 267 Å². The summed E-state index contributed by atoms with van der Waals surface area (Å²) in [4.78, 5) is 0. The molecule has 44 heavy (non-hydrogen) atoms. The Balaban J connectivity index is 0.987. The fourth-order valence-electron chi connectivity index (χ4n) is 7.39. The van der Waals surface area contributed by atoms with Crippen molar-refractivity contribution in [3.8, 4) is 0 Å². The van der Waals surface area contributed by atoms with E-state index in [1.54, 1.807) is 5.57 Å². The molecule has 5 nitrogen and oxygen atoms in total. The van der Waals surface area contributed by atoms with E-state index in [4.69, 9.17) is 23.7 Å². The summed E-state index contributed by atoms with van der Waals surface area (Å²) < 4.78 is 29.9. The Morgan fingerprint density at radius 3 is 2.39 bits per heavy atom. The van der Waals surface area contributed by atoms with Gasteiger partial charge in [0.2, 0.25) is 0 Å².